The van der Waals surface area contributed by atoms with Crippen molar-refractivity contribution in [3.8, 4) is 0 Å². The molecule has 13 heavy (non-hydrogen) atoms. The highest BCUT2D eigenvalue weighted by atomic mass is 35.5. The van der Waals surface area contributed by atoms with Crippen LogP contribution in [-0.2, 0) is 0 Å². The molecule has 1 saturated carbocycles. The van der Waals surface area contributed by atoms with Gasteiger partial charge in [-0.25, -0.2) is 0 Å². The van der Waals surface area contributed by atoms with Gasteiger partial charge in [0.1, 0.15) is 0 Å². The van der Waals surface area contributed by atoms with E-state index in [1.54, 1.807) is 0 Å². The normalized spacial score (nSPS) is 40.6. The fraction of sp³-hybridized carbons (Fsp3) is 1.00. The van der Waals surface area contributed by atoms with Crippen LogP contribution in [0.3, 0.4) is 0 Å². The largest absolute Gasteiger partial charge is 0.312 e. The SMILES string of the molecule is CC1CC(N2CCN[C@H](C)C2)C1.Cl. The Morgan fingerprint density at radius 1 is 1.23 bits per heavy atom. The van der Waals surface area contributed by atoms with E-state index in [9.17, 15) is 0 Å². The number of nitrogens with one attached hydrogen (secondary N) is 1. The molecule has 2 fully saturated rings. The van der Waals surface area contributed by atoms with Crippen molar-refractivity contribution in [3.63, 3.8) is 0 Å². The van der Waals surface area contributed by atoms with Crippen molar-refractivity contribution in [2.24, 2.45) is 5.92 Å². The Hall–Kier alpha value is 0.210. The second kappa shape index (κ2) is 4.63. The molecule has 2 rings (SSSR count). The lowest BCUT2D eigenvalue weighted by Gasteiger charge is -2.45. The molecule has 2 aliphatic rings. The second-order valence-electron chi connectivity index (χ2n) is 4.58. The van der Waals surface area contributed by atoms with Gasteiger partial charge < -0.3 is 5.32 Å². The van der Waals surface area contributed by atoms with Crippen molar-refractivity contribution >= 4 is 12.4 Å². The molecule has 0 aromatic rings. The lowest BCUT2D eigenvalue weighted by atomic mass is 9.80. The lowest BCUT2D eigenvalue weighted by molar-refractivity contribution is 0.0627. The average Bonchev–Trinajstić information content (AvgIpc) is 1.99. The summed E-state index contributed by atoms with van der Waals surface area (Å²) < 4.78 is 0. The molecule has 1 atom stereocenters. The summed E-state index contributed by atoms with van der Waals surface area (Å²) in [6.07, 6.45) is 2.87. The number of hydrogen-bond donors (Lipinski definition) is 1. The summed E-state index contributed by atoms with van der Waals surface area (Å²) >= 11 is 0. The second-order valence-corrected chi connectivity index (χ2v) is 4.58. The first kappa shape index (κ1) is 11.3. The zero-order valence-electron chi connectivity index (χ0n) is 8.62. The maximum atomic E-state index is 3.48. The molecular weight excluding hydrogens is 184 g/mol. The maximum absolute atomic E-state index is 3.48. The highest BCUT2D eigenvalue weighted by molar-refractivity contribution is 5.85. The molecule has 1 saturated heterocycles. The first-order valence-electron chi connectivity index (χ1n) is 5.23. The highest BCUT2D eigenvalue weighted by Crippen LogP contribution is 2.31. The lowest BCUT2D eigenvalue weighted by Crippen LogP contribution is -2.55. The minimum atomic E-state index is 0. The predicted octanol–water partition coefficient (Wildman–Crippen LogP) is 1.50. The fourth-order valence-electron chi connectivity index (χ4n) is 2.45. The Kier molecular flexibility index (Phi) is 4.02. The summed E-state index contributed by atoms with van der Waals surface area (Å²) in [5.41, 5.74) is 0. The minimum absolute atomic E-state index is 0. The summed E-state index contributed by atoms with van der Waals surface area (Å²) in [6.45, 7) is 8.36. The summed E-state index contributed by atoms with van der Waals surface area (Å²) in [4.78, 5) is 2.67. The van der Waals surface area contributed by atoms with E-state index in [1.165, 1.54) is 32.5 Å². The van der Waals surface area contributed by atoms with Crippen LogP contribution in [0.15, 0.2) is 0 Å². The predicted molar refractivity (Wildman–Crippen MR) is 58.5 cm³/mol. The molecule has 0 spiro atoms. The van der Waals surface area contributed by atoms with E-state index < -0.39 is 0 Å². The highest BCUT2D eigenvalue weighted by Gasteiger charge is 2.32. The van der Waals surface area contributed by atoms with E-state index >= 15 is 0 Å². The maximum Gasteiger partial charge on any atom is 0.0167 e. The Balaban J connectivity index is 0.000000845. The van der Waals surface area contributed by atoms with Gasteiger partial charge in [0.05, 0.1) is 0 Å². The fourth-order valence-corrected chi connectivity index (χ4v) is 2.45. The summed E-state index contributed by atoms with van der Waals surface area (Å²) in [5, 5.41) is 3.48. The Morgan fingerprint density at radius 3 is 2.46 bits per heavy atom. The van der Waals surface area contributed by atoms with Crippen LogP contribution in [0.5, 0.6) is 0 Å². The Labute approximate surface area is 87.5 Å². The third kappa shape index (κ3) is 2.58. The van der Waals surface area contributed by atoms with Gasteiger partial charge >= 0.3 is 0 Å². The van der Waals surface area contributed by atoms with E-state index in [-0.39, 0.29) is 12.4 Å². The number of hydrogen-bond acceptors (Lipinski definition) is 2. The Bertz CT molecular complexity index is 157. The van der Waals surface area contributed by atoms with E-state index in [1.807, 2.05) is 0 Å². The quantitative estimate of drug-likeness (QED) is 0.697. The van der Waals surface area contributed by atoms with Crippen LogP contribution >= 0.6 is 12.4 Å². The van der Waals surface area contributed by atoms with Crippen LogP contribution in [0.1, 0.15) is 26.7 Å². The zero-order chi connectivity index (χ0) is 8.55. The number of nitrogens with zero attached hydrogens (tertiary/aromatic N) is 1. The third-order valence-electron chi connectivity index (χ3n) is 3.27. The number of halogens is 1. The molecule has 0 aromatic heterocycles. The van der Waals surface area contributed by atoms with Crippen molar-refractivity contribution in [1.82, 2.24) is 10.2 Å². The Morgan fingerprint density at radius 2 is 1.92 bits per heavy atom. The molecule has 0 aromatic carbocycles. The van der Waals surface area contributed by atoms with Crippen molar-refractivity contribution in [1.29, 1.82) is 0 Å². The number of piperazine rings is 1. The van der Waals surface area contributed by atoms with E-state index in [4.69, 9.17) is 0 Å². The van der Waals surface area contributed by atoms with Crippen LogP contribution in [0, 0.1) is 5.92 Å². The van der Waals surface area contributed by atoms with Crippen molar-refractivity contribution in [2.75, 3.05) is 19.6 Å². The summed E-state index contributed by atoms with van der Waals surface area (Å²) in [7, 11) is 0. The van der Waals surface area contributed by atoms with Crippen molar-refractivity contribution in [2.45, 2.75) is 38.8 Å². The molecule has 1 heterocycles. The molecule has 0 amide bonds. The van der Waals surface area contributed by atoms with Gasteiger partial charge in [-0.3, -0.25) is 4.90 Å². The minimum Gasteiger partial charge on any atom is -0.312 e. The summed E-state index contributed by atoms with van der Waals surface area (Å²) in [5.74, 6) is 0.986. The van der Waals surface area contributed by atoms with Gasteiger partial charge in [0, 0.05) is 31.7 Å². The van der Waals surface area contributed by atoms with Gasteiger partial charge in [-0.1, -0.05) is 6.92 Å². The molecule has 0 bridgehead atoms. The topological polar surface area (TPSA) is 15.3 Å². The van der Waals surface area contributed by atoms with E-state index in [2.05, 4.69) is 24.1 Å². The molecule has 0 unspecified atom stereocenters. The van der Waals surface area contributed by atoms with Crippen LogP contribution in [0.25, 0.3) is 0 Å². The van der Waals surface area contributed by atoms with E-state index in [0.717, 1.165) is 12.0 Å². The van der Waals surface area contributed by atoms with Gasteiger partial charge in [0.25, 0.3) is 0 Å². The van der Waals surface area contributed by atoms with E-state index in [0.29, 0.717) is 6.04 Å². The van der Waals surface area contributed by atoms with Crippen LogP contribution in [0.4, 0.5) is 0 Å². The molecule has 1 aliphatic carbocycles. The van der Waals surface area contributed by atoms with Crippen LogP contribution < -0.4 is 5.32 Å². The molecule has 3 heteroatoms. The van der Waals surface area contributed by atoms with Crippen LogP contribution in [-0.4, -0.2) is 36.6 Å². The molecular formula is C10H21ClN2. The molecule has 0 radical (unpaired) electrons. The van der Waals surface area contributed by atoms with Crippen LogP contribution in [0.2, 0.25) is 0 Å². The molecule has 78 valence electrons. The number of rotatable bonds is 1. The first-order valence-corrected chi connectivity index (χ1v) is 5.23. The molecule has 1 N–H and O–H groups in total. The van der Waals surface area contributed by atoms with Gasteiger partial charge in [0.2, 0.25) is 0 Å². The monoisotopic (exact) mass is 204 g/mol. The smallest absolute Gasteiger partial charge is 0.0167 e. The molecule has 2 nitrogen and oxygen atoms in total. The van der Waals surface area contributed by atoms with Gasteiger partial charge in [-0.05, 0) is 25.7 Å². The zero-order valence-corrected chi connectivity index (χ0v) is 9.44. The van der Waals surface area contributed by atoms with Gasteiger partial charge in [-0.15, -0.1) is 12.4 Å². The summed E-state index contributed by atoms with van der Waals surface area (Å²) in [6, 6.07) is 1.62. The first-order chi connectivity index (χ1) is 5.75. The van der Waals surface area contributed by atoms with Gasteiger partial charge in [0.15, 0.2) is 0 Å². The van der Waals surface area contributed by atoms with Gasteiger partial charge in [-0.2, -0.15) is 0 Å². The third-order valence-corrected chi connectivity index (χ3v) is 3.27. The van der Waals surface area contributed by atoms with Crippen molar-refractivity contribution < 1.29 is 0 Å². The average molecular weight is 205 g/mol. The molecule has 1 aliphatic heterocycles. The standard InChI is InChI=1S/C10H20N2.ClH/c1-8-5-10(6-8)12-4-3-11-9(2)7-12;/h8-11H,3-7H2,1-2H3;1H/t8?,9-,10?;/m1./s1. The van der Waals surface area contributed by atoms with Crippen molar-refractivity contribution in [3.05, 3.63) is 0 Å².